The highest BCUT2D eigenvalue weighted by Gasteiger charge is 2.13. The number of rotatable bonds is 4. The average Bonchev–Trinajstić information content (AvgIpc) is 2.53. The predicted octanol–water partition coefficient (Wildman–Crippen LogP) is 1.34. The van der Waals surface area contributed by atoms with Crippen LogP contribution in [0.25, 0.3) is 11.8 Å². The van der Waals surface area contributed by atoms with Crippen LogP contribution >= 0.6 is 0 Å². The monoisotopic (exact) mass is 328 g/mol. The summed E-state index contributed by atoms with van der Waals surface area (Å²) in [5.74, 6) is -1.56. The number of amides is 1. The largest absolute Gasteiger partial charge is 0.508 e. The third-order valence-corrected chi connectivity index (χ3v) is 3.28. The van der Waals surface area contributed by atoms with Crippen LogP contribution in [-0.4, -0.2) is 45.7 Å². The van der Waals surface area contributed by atoms with Gasteiger partial charge < -0.3 is 19.7 Å². The molecule has 2 aromatic rings. The average molecular weight is 328 g/mol. The number of carboxylic acids is 1. The fourth-order valence-corrected chi connectivity index (χ4v) is 1.98. The van der Waals surface area contributed by atoms with Crippen molar-refractivity contribution in [3.8, 4) is 11.4 Å². The van der Waals surface area contributed by atoms with Gasteiger partial charge in [-0.15, -0.1) is 0 Å². The van der Waals surface area contributed by atoms with Crippen molar-refractivity contribution in [2.75, 3.05) is 14.1 Å². The van der Waals surface area contributed by atoms with Gasteiger partial charge in [0.1, 0.15) is 11.3 Å². The van der Waals surface area contributed by atoms with Crippen LogP contribution in [0.1, 0.15) is 16.1 Å². The molecular formula is C17H16N2O5. The zero-order valence-electron chi connectivity index (χ0n) is 13.1. The predicted molar refractivity (Wildman–Crippen MR) is 88.4 cm³/mol. The number of aromatic nitrogens is 1. The Morgan fingerprint density at radius 1 is 1.17 bits per heavy atom. The van der Waals surface area contributed by atoms with Gasteiger partial charge in [-0.2, -0.15) is 0 Å². The molecule has 7 nitrogen and oxygen atoms in total. The van der Waals surface area contributed by atoms with Crippen LogP contribution in [0.4, 0.5) is 0 Å². The maximum atomic E-state index is 11.9. The lowest BCUT2D eigenvalue weighted by atomic mass is 10.2. The summed E-state index contributed by atoms with van der Waals surface area (Å²) in [5, 5.41) is 18.5. The molecule has 1 aromatic heterocycles. The first-order valence-electron chi connectivity index (χ1n) is 6.98. The number of carboxylic acid groups (broad SMARTS) is 1. The van der Waals surface area contributed by atoms with Crippen LogP contribution in [0.2, 0.25) is 0 Å². The second-order valence-electron chi connectivity index (χ2n) is 5.23. The molecule has 0 aliphatic carbocycles. The molecule has 0 saturated heterocycles. The van der Waals surface area contributed by atoms with E-state index < -0.39 is 11.4 Å². The Balaban J connectivity index is 2.62. The van der Waals surface area contributed by atoms with Crippen molar-refractivity contribution < 1.29 is 19.8 Å². The number of hydrogen-bond acceptors (Lipinski definition) is 4. The highest BCUT2D eigenvalue weighted by molar-refractivity contribution is 5.91. The van der Waals surface area contributed by atoms with Crippen LogP contribution in [0.5, 0.6) is 5.75 Å². The van der Waals surface area contributed by atoms with Gasteiger partial charge in [-0.05, 0) is 30.3 Å². The van der Waals surface area contributed by atoms with Crippen molar-refractivity contribution in [1.29, 1.82) is 0 Å². The lowest BCUT2D eigenvalue weighted by Crippen LogP contribution is -2.20. The van der Waals surface area contributed by atoms with E-state index in [4.69, 9.17) is 5.11 Å². The number of likely N-dealkylation sites (N-methyl/N-ethyl adjacent to an activating group) is 1. The van der Waals surface area contributed by atoms with Gasteiger partial charge in [0.05, 0.1) is 0 Å². The van der Waals surface area contributed by atoms with Crippen molar-refractivity contribution in [2.45, 2.75) is 0 Å². The maximum absolute atomic E-state index is 11.9. The van der Waals surface area contributed by atoms with E-state index in [1.807, 2.05) is 0 Å². The Hall–Kier alpha value is -3.35. The number of nitrogens with zero attached hydrogens (tertiary/aromatic N) is 2. The lowest BCUT2D eigenvalue weighted by molar-refractivity contribution is -0.123. The first-order valence-corrected chi connectivity index (χ1v) is 6.98. The van der Waals surface area contributed by atoms with Crippen molar-refractivity contribution in [2.24, 2.45) is 0 Å². The Morgan fingerprint density at radius 2 is 1.79 bits per heavy atom. The topological polar surface area (TPSA) is 99.8 Å². The van der Waals surface area contributed by atoms with Crippen LogP contribution in [-0.2, 0) is 4.79 Å². The Bertz CT molecular complexity index is 864. The minimum atomic E-state index is -1.34. The number of aromatic hydroxyl groups is 1. The lowest BCUT2D eigenvalue weighted by Gasteiger charge is -2.12. The van der Waals surface area contributed by atoms with E-state index in [0.29, 0.717) is 11.4 Å². The number of phenols is 1. The van der Waals surface area contributed by atoms with Crippen LogP contribution in [0.3, 0.4) is 0 Å². The molecule has 0 bridgehead atoms. The molecule has 0 fully saturated rings. The minimum Gasteiger partial charge on any atom is -0.508 e. The van der Waals surface area contributed by atoms with Gasteiger partial charge in [0.2, 0.25) is 5.91 Å². The third-order valence-electron chi connectivity index (χ3n) is 3.28. The van der Waals surface area contributed by atoms with Crippen LogP contribution in [0, 0.1) is 0 Å². The highest BCUT2D eigenvalue weighted by Crippen LogP contribution is 2.17. The molecule has 0 saturated carbocycles. The molecule has 0 aliphatic rings. The summed E-state index contributed by atoms with van der Waals surface area (Å²) in [4.78, 5) is 36.2. The van der Waals surface area contributed by atoms with Crippen LogP contribution < -0.4 is 5.43 Å². The summed E-state index contributed by atoms with van der Waals surface area (Å²) in [6, 6.07) is 7.15. The number of aromatic carboxylic acids is 1. The van der Waals surface area contributed by atoms with Crippen molar-refractivity contribution in [3.05, 3.63) is 64.1 Å². The molecule has 2 rings (SSSR count). The van der Waals surface area contributed by atoms with Gasteiger partial charge in [0.25, 0.3) is 0 Å². The molecule has 0 radical (unpaired) electrons. The minimum absolute atomic E-state index is 0.0538. The second kappa shape index (κ2) is 6.82. The summed E-state index contributed by atoms with van der Waals surface area (Å²) in [6.07, 6.45) is 3.91. The Kier molecular flexibility index (Phi) is 4.84. The summed E-state index contributed by atoms with van der Waals surface area (Å²) >= 11 is 0. The van der Waals surface area contributed by atoms with E-state index >= 15 is 0 Å². The summed E-state index contributed by atoms with van der Waals surface area (Å²) in [7, 11) is 3.18. The summed E-state index contributed by atoms with van der Waals surface area (Å²) in [5.41, 5.74) is -0.174. The molecule has 7 heteroatoms. The molecule has 0 spiro atoms. The summed E-state index contributed by atoms with van der Waals surface area (Å²) in [6.45, 7) is 0. The Labute approximate surface area is 137 Å². The normalized spacial score (nSPS) is 10.8. The number of pyridine rings is 1. The van der Waals surface area contributed by atoms with Crippen molar-refractivity contribution in [1.82, 2.24) is 9.47 Å². The zero-order chi connectivity index (χ0) is 17.9. The highest BCUT2D eigenvalue weighted by atomic mass is 16.4. The van der Waals surface area contributed by atoms with Crippen molar-refractivity contribution >= 4 is 18.0 Å². The Morgan fingerprint density at radius 3 is 2.33 bits per heavy atom. The molecule has 124 valence electrons. The van der Waals surface area contributed by atoms with Gasteiger partial charge in [-0.25, -0.2) is 4.79 Å². The zero-order valence-corrected chi connectivity index (χ0v) is 13.1. The smallest absolute Gasteiger partial charge is 0.341 e. The van der Waals surface area contributed by atoms with E-state index in [1.54, 1.807) is 26.2 Å². The third kappa shape index (κ3) is 3.70. The number of carbonyl (C=O) groups is 2. The van der Waals surface area contributed by atoms with Crippen molar-refractivity contribution in [3.63, 3.8) is 0 Å². The fourth-order valence-electron chi connectivity index (χ4n) is 1.98. The van der Waals surface area contributed by atoms with Crippen LogP contribution in [0.15, 0.2) is 47.4 Å². The molecule has 24 heavy (non-hydrogen) atoms. The summed E-state index contributed by atoms with van der Waals surface area (Å²) < 4.78 is 1.46. The first-order chi connectivity index (χ1) is 11.3. The quantitative estimate of drug-likeness (QED) is 0.825. The molecule has 1 aromatic carbocycles. The molecular weight excluding hydrogens is 312 g/mol. The number of hydrogen-bond donors (Lipinski definition) is 2. The standard InChI is InChI=1S/C17H16N2O5/c1-18(2)16(22)8-5-12-9-15(21)14(17(23)24)10-19(12)11-3-6-13(20)7-4-11/h3-10,20H,1-2H3,(H,23,24)/b8-5+. The number of phenolic OH excluding ortho intramolecular Hbond substituents is 1. The first kappa shape index (κ1) is 17.0. The van der Waals surface area contributed by atoms with Gasteiger partial charge in [-0.1, -0.05) is 0 Å². The van der Waals surface area contributed by atoms with E-state index in [0.717, 1.165) is 6.07 Å². The SMILES string of the molecule is CN(C)C(=O)/C=C/c1cc(=O)c(C(=O)O)cn1-c1ccc(O)cc1. The molecule has 2 N–H and O–H groups in total. The van der Waals surface area contributed by atoms with Gasteiger partial charge in [0, 0.05) is 43.8 Å². The number of benzene rings is 1. The van der Waals surface area contributed by atoms with E-state index in [2.05, 4.69) is 0 Å². The van der Waals surface area contributed by atoms with E-state index in [1.165, 1.54) is 39.9 Å². The molecule has 0 unspecified atom stereocenters. The molecule has 1 amide bonds. The van der Waals surface area contributed by atoms with Gasteiger partial charge >= 0.3 is 5.97 Å². The number of carbonyl (C=O) groups excluding carboxylic acids is 1. The van der Waals surface area contributed by atoms with E-state index in [9.17, 15) is 19.5 Å². The molecule has 1 heterocycles. The maximum Gasteiger partial charge on any atom is 0.341 e. The van der Waals surface area contributed by atoms with Gasteiger partial charge in [-0.3, -0.25) is 9.59 Å². The molecule has 0 aliphatic heterocycles. The van der Waals surface area contributed by atoms with E-state index in [-0.39, 0.29) is 17.2 Å². The fraction of sp³-hybridized carbons (Fsp3) is 0.118. The second-order valence-corrected chi connectivity index (χ2v) is 5.23. The van der Waals surface area contributed by atoms with Gasteiger partial charge in [0.15, 0.2) is 5.43 Å². The molecule has 0 atom stereocenters.